The van der Waals surface area contributed by atoms with E-state index < -0.39 is 35.2 Å². The van der Waals surface area contributed by atoms with Crippen LogP contribution in [0.1, 0.15) is 38.5 Å². The third kappa shape index (κ3) is 6.64. The smallest absolute Gasteiger partial charge is 0.323 e. The van der Waals surface area contributed by atoms with Crippen molar-refractivity contribution in [2.75, 3.05) is 21.3 Å². The molecule has 8 nitrogen and oxygen atoms in total. The maximum atomic E-state index is 12.5. The van der Waals surface area contributed by atoms with E-state index in [1.54, 1.807) is 0 Å². The molecule has 0 bridgehead atoms. The molecule has 1 aliphatic rings. The van der Waals surface area contributed by atoms with Crippen molar-refractivity contribution in [3.8, 4) is 11.8 Å². The van der Waals surface area contributed by atoms with E-state index in [0.29, 0.717) is 6.42 Å². The zero-order valence-corrected chi connectivity index (χ0v) is 18.1. The lowest BCUT2D eigenvalue weighted by Crippen LogP contribution is -2.41. The van der Waals surface area contributed by atoms with Crippen molar-refractivity contribution in [1.82, 2.24) is 0 Å². The zero-order chi connectivity index (χ0) is 23.4. The number of methoxy groups -OCH3 is 3. The summed E-state index contributed by atoms with van der Waals surface area (Å²) in [6, 6.07) is 0. The van der Waals surface area contributed by atoms with Crippen LogP contribution in [0.4, 0.5) is 0 Å². The molecule has 0 saturated heterocycles. The molecule has 1 saturated carbocycles. The van der Waals surface area contributed by atoms with Gasteiger partial charge in [-0.25, -0.2) is 0 Å². The number of rotatable bonds is 10. The molecule has 168 valence electrons. The second kappa shape index (κ2) is 12.5. The number of allylic oxidation sites excluding steroid dienone is 3. The minimum absolute atomic E-state index is 0.0469. The zero-order valence-electron chi connectivity index (χ0n) is 18.1. The van der Waals surface area contributed by atoms with Gasteiger partial charge in [0.2, 0.25) is 0 Å². The van der Waals surface area contributed by atoms with Gasteiger partial charge in [0.05, 0.1) is 21.3 Å². The molecule has 0 radical (unpaired) electrons. The number of hydrogen-bond donors (Lipinski definition) is 0. The monoisotopic (exact) mass is 432 g/mol. The molecule has 0 spiro atoms. The van der Waals surface area contributed by atoms with Crippen LogP contribution in [0.15, 0.2) is 24.8 Å². The first-order chi connectivity index (χ1) is 14.8. The Morgan fingerprint density at radius 1 is 1.13 bits per heavy atom. The number of ether oxygens (including phenoxy) is 3. The average molecular weight is 432 g/mol. The van der Waals surface area contributed by atoms with E-state index in [-0.39, 0.29) is 43.7 Å². The molecule has 1 aliphatic carbocycles. The van der Waals surface area contributed by atoms with Crippen molar-refractivity contribution in [2.24, 2.45) is 17.3 Å². The van der Waals surface area contributed by atoms with Crippen molar-refractivity contribution >= 4 is 29.5 Å². The second-order valence-electron chi connectivity index (χ2n) is 7.10. The molecule has 1 fully saturated rings. The summed E-state index contributed by atoms with van der Waals surface area (Å²) in [5.41, 5.74) is -1.61. The quantitative estimate of drug-likeness (QED) is 0.169. The first-order valence-electron chi connectivity index (χ1n) is 9.86. The first kappa shape index (κ1) is 25.8. The summed E-state index contributed by atoms with van der Waals surface area (Å²) in [6.07, 6.45) is 5.28. The average Bonchev–Trinajstić information content (AvgIpc) is 3.15. The molecular weight excluding hydrogens is 404 g/mol. The predicted octanol–water partition coefficient (Wildman–Crippen LogP) is 1.96. The van der Waals surface area contributed by atoms with Gasteiger partial charge in [-0.15, -0.1) is 0 Å². The van der Waals surface area contributed by atoms with Gasteiger partial charge in [0, 0.05) is 18.8 Å². The van der Waals surface area contributed by atoms with Crippen LogP contribution in [-0.2, 0) is 38.2 Å². The maximum absolute atomic E-state index is 12.5. The molecule has 1 unspecified atom stereocenters. The van der Waals surface area contributed by atoms with Gasteiger partial charge in [0.15, 0.2) is 11.2 Å². The molecule has 0 aromatic rings. The summed E-state index contributed by atoms with van der Waals surface area (Å²) in [5.74, 6) is 1.77. The Bertz CT molecular complexity index is 795. The molecule has 0 aromatic heterocycles. The summed E-state index contributed by atoms with van der Waals surface area (Å²) in [5, 5.41) is 0. The first-order valence-corrected chi connectivity index (χ1v) is 9.86. The van der Waals surface area contributed by atoms with Crippen LogP contribution in [0, 0.1) is 29.1 Å². The number of carbonyl (C=O) groups is 5. The van der Waals surface area contributed by atoms with E-state index in [0.717, 1.165) is 0 Å². The minimum Gasteiger partial charge on any atom is -0.468 e. The topological polar surface area (TPSA) is 113 Å². The van der Waals surface area contributed by atoms with E-state index in [4.69, 9.17) is 9.47 Å². The number of Topliss-reactive ketones (excluding diaryl/α,β-unsaturated/α-hetero) is 1. The Morgan fingerprint density at radius 2 is 1.77 bits per heavy atom. The molecule has 31 heavy (non-hydrogen) atoms. The van der Waals surface area contributed by atoms with Gasteiger partial charge >= 0.3 is 17.9 Å². The van der Waals surface area contributed by atoms with Crippen molar-refractivity contribution in [3.05, 3.63) is 24.8 Å². The summed E-state index contributed by atoms with van der Waals surface area (Å²) in [4.78, 5) is 60.0. The SMILES string of the molecule is C=CC(=O)CCCC(C/C=C/C#C[C@H]1CCC(=O)C1C(=O)OC)(C(=O)OC)C(=O)OC. The van der Waals surface area contributed by atoms with Gasteiger partial charge in [0.25, 0.3) is 0 Å². The second-order valence-corrected chi connectivity index (χ2v) is 7.10. The Kier molecular flexibility index (Phi) is 10.4. The van der Waals surface area contributed by atoms with E-state index in [2.05, 4.69) is 23.2 Å². The molecule has 0 aromatic carbocycles. The van der Waals surface area contributed by atoms with E-state index in [1.165, 1.54) is 39.6 Å². The van der Waals surface area contributed by atoms with E-state index >= 15 is 0 Å². The van der Waals surface area contributed by atoms with Crippen LogP contribution in [0.2, 0.25) is 0 Å². The molecule has 2 atom stereocenters. The van der Waals surface area contributed by atoms with Gasteiger partial charge < -0.3 is 14.2 Å². The van der Waals surface area contributed by atoms with Gasteiger partial charge in [-0.05, 0) is 37.8 Å². The Hall–Kier alpha value is -3.21. The third-order valence-corrected chi connectivity index (χ3v) is 5.25. The minimum atomic E-state index is -1.61. The fourth-order valence-electron chi connectivity index (χ4n) is 3.51. The highest BCUT2D eigenvalue weighted by atomic mass is 16.5. The van der Waals surface area contributed by atoms with Gasteiger partial charge in [-0.2, -0.15) is 0 Å². The number of hydrogen-bond acceptors (Lipinski definition) is 8. The van der Waals surface area contributed by atoms with Crippen molar-refractivity contribution in [1.29, 1.82) is 0 Å². The van der Waals surface area contributed by atoms with Crippen LogP contribution in [-0.4, -0.2) is 50.8 Å². The lowest BCUT2D eigenvalue weighted by molar-refractivity contribution is -0.170. The fourth-order valence-corrected chi connectivity index (χ4v) is 3.51. The van der Waals surface area contributed by atoms with Gasteiger partial charge in [0.1, 0.15) is 11.7 Å². The summed E-state index contributed by atoms with van der Waals surface area (Å²) in [7, 11) is 3.56. The Balaban J connectivity index is 2.97. The van der Waals surface area contributed by atoms with Crippen molar-refractivity contribution in [2.45, 2.75) is 38.5 Å². The van der Waals surface area contributed by atoms with E-state index in [9.17, 15) is 24.0 Å². The number of carbonyl (C=O) groups excluding carboxylic acids is 5. The lowest BCUT2D eigenvalue weighted by atomic mass is 9.79. The molecule has 8 heteroatoms. The molecule has 0 heterocycles. The molecule has 0 N–H and O–H groups in total. The summed E-state index contributed by atoms with van der Waals surface area (Å²) >= 11 is 0. The third-order valence-electron chi connectivity index (χ3n) is 5.25. The Morgan fingerprint density at radius 3 is 2.32 bits per heavy atom. The normalized spacial score (nSPS) is 18.1. The maximum Gasteiger partial charge on any atom is 0.323 e. The van der Waals surface area contributed by atoms with Gasteiger partial charge in [-0.3, -0.25) is 24.0 Å². The standard InChI is InChI=1S/C23H28O8/c1-5-17(24)11-9-15-23(21(27)30-3,22(28)31-4)14-8-6-7-10-16-12-13-18(25)19(16)20(26)29-2/h5-6,8,16,19H,1,9,11-15H2,2-4H3/b8-6+/t16-,19?/m0/s1. The molecule has 1 rings (SSSR count). The Labute approximate surface area is 182 Å². The van der Waals surface area contributed by atoms with Crippen molar-refractivity contribution in [3.63, 3.8) is 0 Å². The van der Waals surface area contributed by atoms with Crippen LogP contribution >= 0.6 is 0 Å². The van der Waals surface area contributed by atoms with Crippen LogP contribution < -0.4 is 0 Å². The lowest BCUT2D eigenvalue weighted by Gasteiger charge is -2.26. The molecule has 0 amide bonds. The van der Waals surface area contributed by atoms with E-state index in [1.807, 2.05) is 0 Å². The van der Waals surface area contributed by atoms with Crippen LogP contribution in [0.5, 0.6) is 0 Å². The highest BCUT2D eigenvalue weighted by Gasteiger charge is 2.47. The summed E-state index contributed by atoms with van der Waals surface area (Å²) < 4.78 is 14.3. The van der Waals surface area contributed by atoms with Crippen LogP contribution in [0.3, 0.4) is 0 Å². The molecule has 0 aliphatic heterocycles. The molecular formula is C23H28O8. The highest BCUT2D eigenvalue weighted by molar-refractivity contribution is 6.01. The van der Waals surface area contributed by atoms with Gasteiger partial charge in [-0.1, -0.05) is 24.5 Å². The highest BCUT2D eigenvalue weighted by Crippen LogP contribution is 2.33. The fraction of sp³-hybridized carbons (Fsp3) is 0.522. The number of ketones is 2. The number of esters is 3. The largest absolute Gasteiger partial charge is 0.468 e. The predicted molar refractivity (Wildman–Crippen MR) is 110 cm³/mol. The van der Waals surface area contributed by atoms with Crippen molar-refractivity contribution < 1.29 is 38.2 Å². The van der Waals surface area contributed by atoms with Crippen LogP contribution in [0.25, 0.3) is 0 Å². The summed E-state index contributed by atoms with van der Waals surface area (Å²) in [6.45, 7) is 3.40.